The largest absolute Gasteiger partial charge is 0.388 e. The molecular formula is C12H18ClN5O2. The summed E-state index contributed by atoms with van der Waals surface area (Å²) in [6.45, 7) is 5.87. The van der Waals surface area contributed by atoms with Crippen LogP contribution in [0.2, 0.25) is 5.28 Å². The Morgan fingerprint density at radius 2 is 1.75 bits per heavy atom. The third kappa shape index (κ3) is 2.94. The number of anilines is 2. The molecule has 20 heavy (non-hydrogen) atoms. The molecule has 0 amide bonds. The minimum Gasteiger partial charge on any atom is -0.388 e. The summed E-state index contributed by atoms with van der Waals surface area (Å²) in [4.78, 5) is 16.8. The molecule has 110 valence electrons. The third-order valence-electron chi connectivity index (χ3n) is 3.61. The number of hydrogen-bond donors (Lipinski definition) is 1. The highest BCUT2D eigenvalue weighted by molar-refractivity contribution is 6.28. The molecule has 2 fully saturated rings. The fourth-order valence-electron chi connectivity index (χ4n) is 2.49. The summed E-state index contributed by atoms with van der Waals surface area (Å²) in [6, 6.07) is 0. The molecule has 2 saturated heterocycles. The highest BCUT2D eigenvalue weighted by Crippen LogP contribution is 2.25. The van der Waals surface area contributed by atoms with Crippen molar-refractivity contribution in [1.29, 1.82) is 0 Å². The molecule has 7 nitrogen and oxygen atoms in total. The average molecular weight is 300 g/mol. The van der Waals surface area contributed by atoms with E-state index >= 15 is 0 Å². The van der Waals surface area contributed by atoms with E-state index in [0.29, 0.717) is 38.1 Å². The van der Waals surface area contributed by atoms with E-state index in [-0.39, 0.29) is 5.28 Å². The predicted molar refractivity (Wildman–Crippen MR) is 75.3 cm³/mol. The quantitative estimate of drug-likeness (QED) is 0.843. The fraction of sp³-hybridized carbons (Fsp3) is 0.750. The second-order valence-electron chi connectivity index (χ2n) is 5.47. The van der Waals surface area contributed by atoms with Crippen LogP contribution in [0.3, 0.4) is 0 Å². The van der Waals surface area contributed by atoms with Crippen LogP contribution in [-0.2, 0) is 4.74 Å². The number of halogens is 1. The van der Waals surface area contributed by atoms with E-state index in [1.54, 1.807) is 0 Å². The van der Waals surface area contributed by atoms with Gasteiger partial charge in [0.2, 0.25) is 17.2 Å². The first-order valence-electron chi connectivity index (χ1n) is 6.75. The summed E-state index contributed by atoms with van der Waals surface area (Å²) in [5.41, 5.74) is -0.696. The van der Waals surface area contributed by atoms with E-state index in [1.165, 1.54) is 0 Å². The Balaban J connectivity index is 1.83. The zero-order valence-corrected chi connectivity index (χ0v) is 12.2. The van der Waals surface area contributed by atoms with Crippen LogP contribution in [0.1, 0.15) is 13.3 Å². The van der Waals surface area contributed by atoms with Crippen LogP contribution < -0.4 is 9.80 Å². The molecule has 2 aliphatic rings. The minimum absolute atomic E-state index is 0.183. The van der Waals surface area contributed by atoms with E-state index in [1.807, 2.05) is 16.7 Å². The van der Waals surface area contributed by atoms with Crippen LogP contribution in [0.25, 0.3) is 0 Å². The normalized spacial score (nSPS) is 27.1. The van der Waals surface area contributed by atoms with Gasteiger partial charge < -0.3 is 19.6 Å². The van der Waals surface area contributed by atoms with Crippen molar-refractivity contribution in [2.24, 2.45) is 0 Å². The maximum atomic E-state index is 10.0. The van der Waals surface area contributed by atoms with Crippen molar-refractivity contribution in [1.82, 2.24) is 15.0 Å². The maximum absolute atomic E-state index is 10.0. The monoisotopic (exact) mass is 299 g/mol. The number of ether oxygens (including phenoxy) is 1. The van der Waals surface area contributed by atoms with E-state index in [2.05, 4.69) is 15.0 Å². The standard InChI is InChI=1S/C12H18ClN5O2/c1-12(19)2-3-18(8-12)11-15-9(13)14-10(16-11)17-4-6-20-7-5-17/h19H,2-8H2,1H3. The van der Waals surface area contributed by atoms with Gasteiger partial charge in [0.25, 0.3) is 0 Å². The highest BCUT2D eigenvalue weighted by atomic mass is 35.5. The summed E-state index contributed by atoms with van der Waals surface area (Å²) in [6.07, 6.45) is 0.698. The summed E-state index contributed by atoms with van der Waals surface area (Å²) in [5.74, 6) is 1.11. The van der Waals surface area contributed by atoms with Crippen molar-refractivity contribution < 1.29 is 9.84 Å². The van der Waals surface area contributed by atoms with Crippen LogP contribution in [0.5, 0.6) is 0 Å². The van der Waals surface area contributed by atoms with Crippen molar-refractivity contribution in [3.8, 4) is 0 Å². The van der Waals surface area contributed by atoms with Gasteiger partial charge in [-0.1, -0.05) is 0 Å². The van der Waals surface area contributed by atoms with E-state index in [0.717, 1.165) is 19.6 Å². The van der Waals surface area contributed by atoms with E-state index < -0.39 is 5.60 Å². The number of aliphatic hydroxyl groups is 1. The average Bonchev–Trinajstić information content (AvgIpc) is 2.79. The topological polar surface area (TPSA) is 74.6 Å². The number of aromatic nitrogens is 3. The number of rotatable bonds is 2. The Bertz CT molecular complexity index is 493. The van der Waals surface area contributed by atoms with Gasteiger partial charge in [0.1, 0.15) is 0 Å². The Labute approximate surface area is 122 Å². The molecule has 2 aliphatic heterocycles. The number of β-amino-alcohol motifs (C(OH)–C–C–N with tert-alkyl or cyclic N) is 1. The van der Waals surface area contributed by atoms with E-state index in [4.69, 9.17) is 16.3 Å². The van der Waals surface area contributed by atoms with Gasteiger partial charge in [0, 0.05) is 26.2 Å². The van der Waals surface area contributed by atoms with Crippen molar-refractivity contribution in [2.45, 2.75) is 18.9 Å². The van der Waals surface area contributed by atoms with Gasteiger partial charge in [-0.15, -0.1) is 0 Å². The molecule has 1 aromatic rings. The zero-order chi connectivity index (χ0) is 14.2. The van der Waals surface area contributed by atoms with Gasteiger partial charge in [-0.05, 0) is 24.9 Å². The number of hydrogen-bond acceptors (Lipinski definition) is 7. The second-order valence-corrected chi connectivity index (χ2v) is 5.81. The Morgan fingerprint density at radius 1 is 1.10 bits per heavy atom. The van der Waals surface area contributed by atoms with Crippen LogP contribution in [-0.4, -0.2) is 65.1 Å². The van der Waals surface area contributed by atoms with Crippen LogP contribution >= 0.6 is 11.6 Å². The highest BCUT2D eigenvalue weighted by Gasteiger charge is 2.33. The first-order valence-corrected chi connectivity index (χ1v) is 7.13. The van der Waals surface area contributed by atoms with Crippen LogP contribution in [0, 0.1) is 0 Å². The molecular weight excluding hydrogens is 282 g/mol. The molecule has 8 heteroatoms. The lowest BCUT2D eigenvalue weighted by molar-refractivity contribution is 0.0838. The first-order chi connectivity index (χ1) is 9.53. The van der Waals surface area contributed by atoms with Gasteiger partial charge in [0.15, 0.2) is 0 Å². The number of nitrogens with zero attached hydrogens (tertiary/aromatic N) is 5. The lowest BCUT2D eigenvalue weighted by Crippen LogP contribution is -2.38. The van der Waals surface area contributed by atoms with Crippen molar-refractivity contribution in [2.75, 3.05) is 49.2 Å². The van der Waals surface area contributed by atoms with Gasteiger partial charge >= 0.3 is 0 Å². The summed E-state index contributed by atoms with van der Waals surface area (Å²) >= 11 is 6.01. The Morgan fingerprint density at radius 3 is 2.35 bits per heavy atom. The molecule has 1 aromatic heterocycles. The molecule has 0 aliphatic carbocycles. The molecule has 0 radical (unpaired) electrons. The van der Waals surface area contributed by atoms with Crippen molar-refractivity contribution >= 4 is 23.5 Å². The SMILES string of the molecule is CC1(O)CCN(c2nc(Cl)nc(N3CCOCC3)n2)C1. The Kier molecular flexibility index (Phi) is 3.66. The van der Waals surface area contributed by atoms with Gasteiger partial charge in [-0.3, -0.25) is 0 Å². The number of morpholine rings is 1. The van der Waals surface area contributed by atoms with Gasteiger partial charge in [0.05, 0.1) is 18.8 Å². The summed E-state index contributed by atoms with van der Waals surface area (Å²) in [7, 11) is 0. The molecule has 0 bridgehead atoms. The molecule has 1 unspecified atom stereocenters. The van der Waals surface area contributed by atoms with Crippen molar-refractivity contribution in [3.63, 3.8) is 0 Å². The molecule has 0 spiro atoms. The van der Waals surface area contributed by atoms with Crippen molar-refractivity contribution in [3.05, 3.63) is 5.28 Å². The summed E-state index contributed by atoms with van der Waals surface area (Å²) in [5, 5.41) is 10.2. The molecule has 1 N–H and O–H groups in total. The molecule has 3 rings (SSSR count). The second kappa shape index (κ2) is 5.31. The maximum Gasteiger partial charge on any atom is 0.231 e. The smallest absolute Gasteiger partial charge is 0.231 e. The predicted octanol–water partition coefficient (Wildman–Crippen LogP) is 0.323. The fourth-order valence-corrected chi connectivity index (χ4v) is 2.64. The van der Waals surface area contributed by atoms with Gasteiger partial charge in [-0.2, -0.15) is 15.0 Å². The molecule has 0 aromatic carbocycles. The first kappa shape index (κ1) is 13.8. The zero-order valence-electron chi connectivity index (χ0n) is 11.4. The minimum atomic E-state index is -0.696. The van der Waals surface area contributed by atoms with E-state index in [9.17, 15) is 5.11 Å². The van der Waals surface area contributed by atoms with Gasteiger partial charge in [-0.25, -0.2) is 0 Å². The third-order valence-corrected chi connectivity index (χ3v) is 3.78. The molecule has 3 heterocycles. The summed E-state index contributed by atoms with van der Waals surface area (Å²) < 4.78 is 5.32. The molecule has 1 atom stereocenters. The Hall–Kier alpha value is -1.18. The lowest BCUT2D eigenvalue weighted by Gasteiger charge is -2.27. The lowest BCUT2D eigenvalue weighted by atomic mass is 10.1. The molecule has 0 saturated carbocycles. The van der Waals surface area contributed by atoms with Crippen LogP contribution in [0.4, 0.5) is 11.9 Å². The van der Waals surface area contributed by atoms with Crippen LogP contribution in [0.15, 0.2) is 0 Å².